The lowest BCUT2D eigenvalue weighted by atomic mass is 9.85. The minimum absolute atomic E-state index is 0.0740. The van der Waals surface area contributed by atoms with E-state index in [1.54, 1.807) is 0 Å². The first-order valence-electron chi connectivity index (χ1n) is 5.27. The molecule has 0 saturated heterocycles. The Hall–Kier alpha value is -1.06. The van der Waals surface area contributed by atoms with Crippen LogP contribution in [0, 0.1) is 17.8 Å². The van der Waals surface area contributed by atoms with Crippen LogP contribution in [0.15, 0.2) is 0 Å². The maximum Gasteiger partial charge on any atom is 0.308 e. The van der Waals surface area contributed by atoms with Crippen molar-refractivity contribution in [1.82, 2.24) is 0 Å². The molecule has 1 fully saturated rings. The molecule has 0 N–H and O–H groups in total. The van der Waals surface area contributed by atoms with Gasteiger partial charge in [0.1, 0.15) is 0 Å². The summed E-state index contributed by atoms with van der Waals surface area (Å²) in [5, 5.41) is 0. The van der Waals surface area contributed by atoms with Crippen LogP contribution in [0.2, 0.25) is 0 Å². The Morgan fingerprint density at radius 1 is 1.20 bits per heavy atom. The van der Waals surface area contributed by atoms with Crippen LogP contribution in [0.3, 0.4) is 0 Å². The van der Waals surface area contributed by atoms with E-state index in [-0.39, 0.29) is 29.7 Å². The Balaban J connectivity index is 2.67. The lowest BCUT2D eigenvalue weighted by Crippen LogP contribution is -2.29. The molecule has 0 aromatic heterocycles. The summed E-state index contributed by atoms with van der Waals surface area (Å²) >= 11 is 0. The molecule has 0 aliphatic heterocycles. The Bertz CT molecular complexity index is 249. The van der Waals surface area contributed by atoms with Gasteiger partial charge in [0, 0.05) is 0 Å². The number of carbonyl (C=O) groups excluding carboxylic acids is 2. The van der Waals surface area contributed by atoms with Gasteiger partial charge in [-0.3, -0.25) is 9.59 Å². The van der Waals surface area contributed by atoms with Crippen molar-refractivity contribution in [3.05, 3.63) is 0 Å². The van der Waals surface area contributed by atoms with Gasteiger partial charge < -0.3 is 9.47 Å². The van der Waals surface area contributed by atoms with E-state index in [0.29, 0.717) is 0 Å². The highest BCUT2D eigenvalue weighted by Crippen LogP contribution is 2.38. The summed E-state index contributed by atoms with van der Waals surface area (Å²) in [5.74, 6) is -0.723. The second-order valence-electron chi connectivity index (χ2n) is 4.04. The largest absolute Gasteiger partial charge is 0.469 e. The van der Waals surface area contributed by atoms with Crippen molar-refractivity contribution in [2.75, 3.05) is 14.2 Å². The quantitative estimate of drug-likeness (QED) is 0.666. The van der Waals surface area contributed by atoms with Crippen LogP contribution in [0.4, 0.5) is 0 Å². The van der Waals surface area contributed by atoms with Crippen molar-refractivity contribution < 1.29 is 19.1 Å². The molecule has 1 saturated carbocycles. The van der Waals surface area contributed by atoms with E-state index < -0.39 is 0 Å². The standard InChI is InChI=1S/C11H18O4/c1-7(10(12)14-2)8-5-4-6-9(8)11(13)15-3/h7-9H,4-6H2,1-3H3/t7?,8-,9+/m0/s1. The third-order valence-corrected chi connectivity index (χ3v) is 3.29. The molecule has 4 nitrogen and oxygen atoms in total. The Labute approximate surface area is 89.9 Å². The van der Waals surface area contributed by atoms with Crippen molar-refractivity contribution in [3.8, 4) is 0 Å². The normalized spacial score (nSPS) is 27.1. The van der Waals surface area contributed by atoms with Crippen LogP contribution < -0.4 is 0 Å². The number of hydrogen-bond acceptors (Lipinski definition) is 4. The van der Waals surface area contributed by atoms with Crippen LogP contribution in [0.5, 0.6) is 0 Å². The average molecular weight is 214 g/mol. The van der Waals surface area contributed by atoms with Crippen molar-refractivity contribution in [1.29, 1.82) is 0 Å². The Morgan fingerprint density at radius 2 is 1.87 bits per heavy atom. The van der Waals surface area contributed by atoms with Gasteiger partial charge in [-0.05, 0) is 18.8 Å². The van der Waals surface area contributed by atoms with Gasteiger partial charge in [-0.2, -0.15) is 0 Å². The molecule has 0 heterocycles. The van der Waals surface area contributed by atoms with Crippen molar-refractivity contribution >= 4 is 11.9 Å². The van der Waals surface area contributed by atoms with Gasteiger partial charge in [0.2, 0.25) is 0 Å². The fourth-order valence-corrected chi connectivity index (χ4v) is 2.39. The smallest absolute Gasteiger partial charge is 0.308 e. The summed E-state index contributed by atoms with van der Waals surface area (Å²) < 4.78 is 9.43. The van der Waals surface area contributed by atoms with Gasteiger partial charge in [0.15, 0.2) is 0 Å². The molecular weight excluding hydrogens is 196 g/mol. The summed E-state index contributed by atoms with van der Waals surface area (Å²) in [7, 11) is 2.77. The summed E-state index contributed by atoms with van der Waals surface area (Å²) in [6.07, 6.45) is 2.69. The highest BCUT2D eigenvalue weighted by atomic mass is 16.5. The van der Waals surface area contributed by atoms with Gasteiger partial charge in [-0.1, -0.05) is 13.3 Å². The fraction of sp³-hybridized carbons (Fsp3) is 0.818. The molecule has 0 aromatic carbocycles. The minimum Gasteiger partial charge on any atom is -0.469 e. The number of carbonyl (C=O) groups is 2. The molecule has 1 unspecified atom stereocenters. The molecule has 0 radical (unpaired) electrons. The van der Waals surface area contributed by atoms with Gasteiger partial charge in [0.25, 0.3) is 0 Å². The second kappa shape index (κ2) is 5.14. The third kappa shape index (κ3) is 2.49. The van der Waals surface area contributed by atoms with Crippen LogP contribution in [-0.2, 0) is 19.1 Å². The topological polar surface area (TPSA) is 52.6 Å². The van der Waals surface area contributed by atoms with E-state index in [4.69, 9.17) is 9.47 Å². The zero-order valence-corrected chi connectivity index (χ0v) is 9.49. The number of esters is 2. The van der Waals surface area contributed by atoms with Crippen molar-refractivity contribution in [2.45, 2.75) is 26.2 Å². The zero-order chi connectivity index (χ0) is 11.4. The second-order valence-corrected chi connectivity index (χ2v) is 4.04. The van der Waals surface area contributed by atoms with Crippen LogP contribution in [0.1, 0.15) is 26.2 Å². The van der Waals surface area contributed by atoms with E-state index in [1.807, 2.05) is 6.92 Å². The summed E-state index contributed by atoms with van der Waals surface area (Å²) in [6, 6.07) is 0. The fourth-order valence-electron chi connectivity index (χ4n) is 2.39. The average Bonchev–Trinajstić information content (AvgIpc) is 2.74. The molecule has 15 heavy (non-hydrogen) atoms. The number of rotatable bonds is 3. The van der Waals surface area contributed by atoms with E-state index in [1.165, 1.54) is 14.2 Å². The number of hydrogen-bond donors (Lipinski definition) is 0. The highest BCUT2D eigenvalue weighted by Gasteiger charge is 2.39. The van der Waals surface area contributed by atoms with Gasteiger partial charge in [-0.15, -0.1) is 0 Å². The van der Waals surface area contributed by atoms with Crippen LogP contribution in [0.25, 0.3) is 0 Å². The lowest BCUT2D eigenvalue weighted by Gasteiger charge is -2.22. The molecule has 1 rings (SSSR count). The van der Waals surface area contributed by atoms with Crippen LogP contribution >= 0.6 is 0 Å². The molecular formula is C11H18O4. The Kier molecular flexibility index (Phi) is 4.12. The maximum absolute atomic E-state index is 11.5. The van der Waals surface area contributed by atoms with Gasteiger partial charge >= 0.3 is 11.9 Å². The monoisotopic (exact) mass is 214 g/mol. The van der Waals surface area contributed by atoms with Crippen molar-refractivity contribution in [3.63, 3.8) is 0 Å². The van der Waals surface area contributed by atoms with Gasteiger partial charge in [0.05, 0.1) is 26.1 Å². The zero-order valence-electron chi connectivity index (χ0n) is 9.49. The summed E-state index contributed by atoms with van der Waals surface area (Å²) in [6.45, 7) is 1.82. The van der Waals surface area contributed by atoms with Crippen molar-refractivity contribution in [2.24, 2.45) is 17.8 Å². The van der Waals surface area contributed by atoms with E-state index in [0.717, 1.165) is 19.3 Å². The third-order valence-electron chi connectivity index (χ3n) is 3.29. The lowest BCUT2D eigenvalue weighted by molar-refractivity contribution is -0.151. The molecule has 86 valence electrons. The minimum atomic E-state index is -0.240. The predicted octanol–water partition coefficient (Wildman–Crippen LogP) is 1.38. The molecule has 4 heteroatoms. The molecule has 1 aliphatic rings. The highest BCUT2D eigenvalue weighted by molar-refractivity contribution is 5.76. The first-order chi connectivity index (χ1) is 7.11. The van der Waals surface area contributed by atoms with Crippen LogP contribution in [-0.4, -0.2) is 26.2 Å². The Morgan fingerprint density at radius 3 is 2.40 bits per heavy atom. The first kappa shape index (κ1) is 12.0. The maximum atomic E-state index is 11.5. The molecule has 3 atom stereocenters. The predicted molar refractivity (Wildman–Crippen MR) is 54.0 cm³/mol. The number of methoxy groups -OCH3 is 2. The van der Waals surface area contributed by atoms with E-state index >= 15 is 0 Å². The molecule has 0 amide bonds. The molecule has 0 spiro atoms. The van der Waals surface area contributed by atoms with E-state index in [9.17, 15) is 9.59 Å². The molecule has 0 bridgehead atoms. The molecule has 1 aliphatic carbocycles. The number of ether oxygens (including phenoxy) is 2. The first-order valence-corrected chi connectivity index (χ1v) is 5.27. The summed E-state index contributed by atoms with van der Waals surface area (Å²) in [5.41, 5.74) is 0. The SMILES string of the molecule is COC(=O)C(C)[C@@H]1CCC[C@H]1C(=O)OC. The van der Waals surface area contributed by atoms with E-state index in [2.05, 4.69) is 0 Å². The van der Waals surface area contributed by atoms with Gasteiger partial charge in [-0.25, -0.2) is 0 Å². The summed E-state index contributed by atoms with van der Waals surface area (Å²) in [4.78, 5) is 22.8. The molecule has 0 aromatic rings.